The Morgan fingerprint density at radius 2 is 1.69 bits per heavy atom. The number of nitrogens with one attached hydrogen (secondary N) is 2. The smallest absolute Gasteiger partial charge is 0.248 e. The second-order valence-corrected chi connectivity index (χ2v) is 10.9. The van der Waals surface area contributed by atoms with E-state index in [1.165, 1.54) is 17.8 Å². The summed E-state index contributed by atoms with van der Waals surface area (Å²) in [5, 5.41) is 4.57. The number of nitrogens with zero attached hydrogens (tertiary/aromatic N) is 1. The molecular weight excluding hydrogens is 494 g/mol. The molecule has 0 radical (unpaired) electrons. The van der Waals surface area contributed by atoms with E-state index in [0.717, 1.165) is 23.0 Å². The van der Waals surface area contributed by atoms with E-state index in [-0.39, 0.29) is 23.0 Å². The maximum absolute atomic E-state index is 13.4. The normalized spacial score (nSPS) is 12.6. The van der Waals surface area contributed by atoms with Crippen molar-refractivity contribution in [2.45, 2.75) is 52.2 Å². The number of aromatic nitrogens is 1. The highest BCUT2D eigenvalue weighted by Gasteiger charge is 2.23. The molecular formula is C28H34ClN3O3S. The summed E-state index contributed by atoms with van der Waals surface area (Å²) in [5.41, 5.74) is 1.80. The van der Waals surface area contributed by atoms with E-state index in [0.29, 0.717) is 34.8 Å². The fraction of sp³-hybridized carbons (Fsp3) is 0.393. The molecule has 2 N–H and O–H groups in total. The third-order valence-corrected chi connectivity index (χ3v) is 7.35. The maximum atomic E-state index is 13.4. The molecule has 1 heterocycles. The Bertz CT molecular complexity index is 1230. The van der Waals surface area contributed by atoms with Crippen LogP contribution in [0.3, 0.4) is 0 Å². The van der Waals surface area contributed by atoms with Crippen LogP contribution in [0.1, 0.15) is 43.6 Å². The van der Waals surface area contributed by atoms with Crippen molar-refractivity contribution in [1.82, 2.24) is 15.2 Å². The second kappa shape index (κ2) is 13.2. The van der Waals surface area contributed by atoms with Crippen LogP contribution in [-0.4, -0.2) is 57.8 Å². The van der Waals surface area contributed by atoms with Crippen molar-refractivity contribution >= 4 is 45.2 Å². The number of carbonyl (C=O) groups excluding carboxylic acids is 2. The Morgan fingerprint density at radius 1 is 1.03 bits per heavy atom. The van der Waals surface area contributed by atoms with Crippen molar-refractivity contribution in [2.24, 2.45) is 0 Å². The molecule has 3 rings (SSSR count). The van der Waals surface area contributed by atoms with Crippen LogP contribution in [0.2, 0.25) is 5.02 Å². The van der Waals surface area contributed by atoms with Gasteiger partial charge in [-0.25, -0.2) is 0 Å². The van der Waals surface area contributed by atoms with Gasteiger partial charge in [-0.2, -0.15) is 0 Å². The Labute approximate surface area is 221 Å². The third kappa shape index (κ3) is 7.77. The molecule has 0 aliphatic carbocycles. The molecule has 2 aromatic carbocycles. The van der Waals surface area contributed by atoms with E-state index >= 15 is 0 Å². The predicted molar refractivity (Wildman–Crippen MR) is 150 cm³/mol. The second-order valence-electron chi connectivity index (χ2n) is 9.36. The van der Waals surface area contributed by atoms with Crippen molar-refractivity contribution in [3.05, 3.63) is 81.1 Å². The van der Waals surface area contributed by atoms with Crippen LogP contribution in [0.15, 0.2) is 59.4 Å². The average Bonchev–Trinajstić information content (AvgIpc) is 2.83. The number of ketones is 1. The molecule has 0 spiro atoms. The molecule has 0 amide bonds. The predicted octanol–water partition coefficient (Wildman–Crippen LogP) is 4.94. The third-order valence-electron chi connectivity index (χ3n) is 6.14. The van der Waals surface area contributed by atoms with E-state index in [4.69, 9.17) is 11.6 Å². The van der Waals surface area contributed by atoms with Gasteiger partial charge in [-0.3, -0.25) is 24.6 Å². The number of pyridine rings is 1. The molecule has 0 aliphatic heterocycles. The standard InChI is InChI=1S/C28H34ClN3O3S/c1-18(2)32(19(3)4)13-14-36-28(35)25(30-17-26(33)20-9-11-22(29)12-10-20)15-21-16-27(34)31-24-8-6-5-7-23(21)24/h5-12,16,18-19,25,30H,13-15,17H2,1-4H3,(H,31,34). The van der Waals surface area contributed by atoms with Crippen LogP contribution in [-0.2, 0) is 11.2 Å². The summed E-state index contributed by atoms with van der Waals surface area (Å²) < 4.78 is 0. The molecule has 36 heavy (non-hydrogen) atoms. The number of thioether (sulfide) groups is 1. The van der Waals surface area contributed by atoms with Crippen molar-refractivity contribution < 1.29 is 9.59 Å². The molecule has 192 valence electrons. The summed E-state index contributed by atoms with van der Waals surface area (Å²) >= 11 is 7.21. The topological polar surface area (TPSA) is 82.3 Å². The number of fused-ring (bicyclic) bond motifs is 1. The minimum Gasteiger partial charge on any atom is -0.322 e. The van der Waals surface area contributed by atoms with Gasteiger partial charge in [-0.05, 0) is 70.0 Å². The van der Waals surface area contributed by atoms with Gasteiger partial charge >= 0.3 is 0 Å². The molecule has 0 fully saturated rings. The number of hydrogen-bond donors (Lipinski definition) is 2. The number of carbonyl (C=O) groups is 2. The van der Waals surface area contributed by atoms with Gasteiger partial charge in [-0.1, -0.05) is 41.6 Å². The van der Waals surface area contributed by atoms with E-state index in [9.17, 15) is 14.4 Å². The number of para-hydroxylation sites is 1. The van der Waals surface area contributed by atoms with E-state index in [1.54, 1.807) is 24.3 Å². The van der Waals surface area contributed by atoms with E-state index < -0.39 is 6.04 Å². The minimum atomic E-state index is -0.622. The summed E-state index contributed by atoms with van der Waals surface area (Å²) in [6, 6.07) is 15.9. The number of aromatic amines is 1. The molecule has 1 atom stereocenters. The monoisotopic (exact) mass is 527 g/mol. The number of hydrogen-bond acceptors (Lipinski definition) is 6. The Balaban J connectivity index is 1.77. The lowest BCUT2D eigenvalue weighted by molar-refractivity contribution is -0.112. The van der Waals surface area contributed by atoms with Crippen LogP contribution >= 0.6 is 23.4 Å². The van der Waals surface area contributed by atoms with Gasteiger partial charge in [-0.15, -0.1) is 0 Å². The summed E-state index contributed by atoms with van der Waals surface area (Å²) in [5.74, 6) is 0.519. The first-order chi connectivity index (χ1) is 17.2. The minimum absolute atomic E-state index is 0.00381. The molecule has 0 saturated heterocycles. The van der Waals surface area contributed by atoms with E-state index in [1.807, 2.05) is 24.3 Å². The number of benzene rings is 2. The van der Waals surface area contributed by atoms with Crippen LogP contribution in [0.5, 0.6) is 0 Å². The number of halogens is 1. The lowest BCUT2D eigenvalue weighted by Gasteiger charge is -2.30. The van der Waals surface area contributed by atoms with Crippen molar-refractivity contribution in [3.8, 4) is 0 Å². The number of Topliss-reactive ketones (excluding diaryl/α,β-unsaturated/α-hetero) is 1. The molecule has 0 bridgehead atoms. The van der Waals surface area contributed by atoms with Gasteiger partial charge in [0.15, 0.2) is 5.78 Å². The van der Waals surface area contributed by atoms with Gasteiger partial charge in [0, 0.05) is 51.9 Å². The lowest BCUT2D eigenvalue weighted by atomic mass is 10.0. The van der Waals surface area contributed by atoms with Gasteiger partial charge in [0.2, 0.25) is 10.7 Å². The first-order valence-electron chi connectivity index (χ1n) is 12.2. The average molecular weight is 528 g/mol. The molecule has 1 unspecified atom stereocenters. The largest absolute Gasteiger partial charge is 0.322 e. The van der Waals surface area contributed by atoms with Crippen molar-refractivity contribution in [3.63, 3.8) is 0 Å². The molecule has 8 heteroatoms. The Hall–Kier alpha value is -2.45. The lowest BCUT2D eigenvalue weighted by Crippen LogP contribution is -2.41. The fourth-order valence-electron chi connectivity index (χ4n) is 4.32. The van der Waals surface area contributed by atoms with Gasteiger partial charge < -0.3 is 4.98 Å². The molecule has 6 nitrogen and oxygen atoms in total. The quantitative estimate of drug-likeness (QED) is 0.324. The zero-order valence-electron chi connectivity index (χ0n) is 21.2. The molecule has 1 aromatic heterocycles. The highest BCUT2D eigenvalue weighted by molar-refractivity contribution is 8.13. The van der Waals surface area contributed by atoms with Gasteiger partial charge in [0.25, 0.3) is 0 Å². The summed E-state index contributed by atoms with van der Waals surface area (Å²) in [4.78, 5) is 43.6. The first-order valence-corrected chi connectivity index (χ1v) is 13.6. The van der Waals surface area contributed by atoms with Crippen molar-refractivity contribution in [1.29, 1.82) is 0 Å². The van der Waals surface area contributed by atoms with Crippen LogP contribution in [0, 0.1) is 0 Å². The molecule has 0 aliphatic rings. The Morgan fingerprint density at radius 3 is 2.36 bits per heavy atom. The molecule has 0 saturated carbocycles. The first kappa shape index (κ1) is 28.1. The highest BCUT2D eigenvalue weighted by Crippen LogP contribution is 2.19. The maximum Gasteiger partial charge on any atom is 0.248 e. The van der Waals surface area contributed by atoms with Gasteiger partial charge in [0.05, 0.1) is 12.6 Å². The van der Waals surface area contributed by atoms with Crippen molar-refractivity contribution in [2.75, 3.05) is 18.8 Å². The summed E-state index contributed by atoms with van der Waals surface area (Å²) in [6.45, 7) is 9.39. The highest BCUT2D eigenvalue weighted by atomic mass is 35.5. The number of rotatable bonds is 12. The summed E-state index contributed by atoms with van der Waals surface area (Å²) in [7, 11) is 0. The molecule has 3 aromatic rings. The SMILES string of the molecule is CC(C)N(CCSC(=O)C(Cc1cc(=O)[nH]c2ccccc12)NCC(=O)c1ccc(Cl)cc1)C(C)C. The fourth-order valence-corrected chi connectivity index (χ4v) is 5.32. The Kier molecular flexibility index (Phi) is 10.3. The van der Waals surface area contributed by atoms with Crippen LogP contribution in [0.25, 0.3) is 10.9 Å². The van der Waals surface area contributed by atoms with Crippen LogP contribution in [0.4, 0.5) is 0 Å². The zero-order chi connectivity index (χ0) is 26.2. The van der Waals surface area contributed by atoms with E-state index in [2.05, 4.69) is 42.9 Å². The van der Waals surface area contributed by atoms with Gasteiger partial charge in [0.1, 0.15) is 0 Å². The number of H-pyrrole nitrogens is 1. The summed E-state index contributed by atoms with van der Waals surface area (Å²) in [6.07, 6.45) is 0.308. The van der Waals surface area contributed by atoms with Crippen LogP contribution < -0.4 is 10.9 Å². The zero-order valence-corrected chi connectivity index (χ0v) is 22.8.